The van der Waals surface area contributed by atoms with Gasteiger partial charge < -0.3 is 19.9 Å². The average Bonchev–Trinajstić information content (AvgIpc) is 2.70. The molecule has 0 unspecified atom stereocenters. The SMILES string of the molecule is COc1nc(NCCCO)ncc1-c1ccc(Oc2ccnc(Cl)c2)c(C)n1. The van der Waals surface area contributed by atoms with Crippen molar-refractivity contribution in [2.75, 3.05) is 25.6 Å². The molecule has 3 rings (SSSR count). The number of hydrogen-bond acceptors (Lipinski definition) is 8. The molecule has 0 aliphatic rings. The van der Waals surface area contributed by atoms with E-state index in [9.17, 15) is 0 Å². The molecule has 0 spiro atoms. The molecule has 0 atom stereocenters. The first-order chi connectivity index (χ1) is 13.6. The molecule has 3 aromatic heterocycles. The molecule has 28 heavy (non-hydrogen) atoms. The molecular weight excluding hydrogens is 382 g/mol. The molecule has 0 saturated heterocycles. The number of nitrogens with one attached hydrogen (secondary N) is 1. The molecule has 2 N–H and O–H groups in total. The molecule has 3 heterocycles. The largest absolute Gasteiger partial charge is 0.480 e. The lowest BCUT2D eigenvalue weighted by atomic mass is 10.2. The topological polar surface area (TPSA) is 102 Å². The number of pyridine rings is 2. The van der Waals surface area contributed by atoms with E-state index in [1.807, 2.05) is 19.1 Å². The van der Waals surface area contributed by atoms with Crippen molar-refractivity contribution in [1.29, 1.82) is 0 Å². The maximum Gasteiger partial charge on any atom is 0.227 e. The van der Waals surface area contributed by atoms with Crippen molar-refractivity contribution in [1.82, 2.24) is 19.9 Å². The van der Waals surface area contributed by atoms with Gasteiger partial charge in [-0.15, -0.1) is 0 Å². The van der Waals surface area contributed by atoms with Crippen LogP contribution < -0.4 is 14.8 Å². The van der Waals surface area contributed by atoms with Gasteiger partial charge >= 0.3 is 0 Å². The van der Waals surface area contributed by atoms with Crippen molar-refractivity contribution in [2.45, 2.75) is 13.3 Å². The second-order valence-electron chi connectivity index (χ2n) is 5.82. The molecule has 0 amide bonds. The summed E-state index contributed by atoms with van der Waals surface area (Å²) in [6, 6.07) is 6.98. The van der Waals surface area contributed by atoms with E-state index in [4.69, 9.17) is 26.2 Å². The van der Waals surface area contributed by atoms with Gasteiger partial charge in [-0.05, 0) is 31.5 Å². The van der Waals surface area contributed by atoms with Crippen LogP contribution in [0.5, 0.6) is 17.4 Å². The Morgan fingerprint density at radius 2 is 2.04 bits per heavy atom. The van der Waals surface area contributed by atoms with Crippen LogP contribution in [0.15, 0.2) is 36.7 Å². The summed E-state index contributed by atoms with van der Waals surface area (Å²) in [4.78, 5) is 17.2. The zero-order valence-electron chi connectivity index (χ0n) is 15.5. The highest BCUT2D eigenvalue weighted by molar-refractivity contribution is 6.29. The summed E-state index contributed by atoms with van der Waals surface area (Å²) in [7, 11) is 1.54. The maximum absolute atomic E-state index is 8.86. The van der Waals surface area contributed by atoms with Gasteiger partial charge in [0.1, 0.15) is 16.7 Å². The minimum atomic E-state index is 0.103. The Balaban J connectivity index is 1.82. The number of aromatic nitrogens is 4. The predicted octanol–water partition coefficient (Wildman–Crippen LogP) is 3.49. The number of halogens is 1. The number of hydrogen-bond donors (Lipinski definition) is 2. The number of nitrogens with zero attached hydrogens (tertiary/aromatic N) is 4. The van der Waals surface area contributed by atoms with E-state index in [-0.39, 0.29) is 6.61 Å². The van der Waals surface area contributed by atoms with Gasteiger partial charge in [-0.25, -0.2) is 15.0 Å². The molecule has 146 valence electrons. The highest BCUT2D eigenvalue weighted by atomic mass is 35.5. The number of aryl methyl sites for hydroxylation is 1. The van der Waals surface area contributed by atoms with Crippen LogP contribution in [0.25, 0.3) is 11.3 Å². The van der Waals surface area contributed by atoms with Gasteiger partial charge in [0, 0.05) is 31.6 Å². The van der Waals surface area contributed by atoms with Crippen LogP contribution >= 0.6 is 11.6 Å². The molecule has 0 bridgehead atoms. The number of aliphatic hydroxyl groups excluding tert-OH is 1. The predicted molar refractivity (Wildman–Crippen MR) is 106 cm³/mol. The first-order valence-electron chi connectivity index (χ1n) is 8.64. The van der Waals surface area contributed by atoms with Crippen molar-refractivity contribution < 1.29 is 14.6 Å². The van der Waals surface area contributed by atoms with E-state index in [0.717, 1.165) is 0 Å². The average molecular weight is 402 g/mol. The lowest BCUT2D eigenvalue weighted by molar-refractivity contribution is 0.292. The monoisotopic (exact) mass is 401 g/mol. The van der Waals surface area contributed by atoms with Gasteiger partial charge in [-0.3, -0.25) is 0 Å². The summed E-state index contributed by atoms with van der Waals surface area (Å²) >= 11 is 5.89. The minimum absolute atomic E-state index is 0.103. The third-order valence-corrected chi connectivity index (χ3v) is 4.01. The van der Waals surface area contributed by atoms with E-state index in [1.54, 1.807) is 31.6 Å². The molecule has 3 aromatic rings. The van der Waals surface area contributed by atoms with Gasteiger partial charge in [-0.1, -0.05) is 11.6 Å². The third kappa shape index (κ3) is 4.85. The smallest absolute Gasteiger partial charge is 0.227 e. The zero-order valence-corrected chi connectivity index (χ0v) is 16.3. The number of methoxy groups -OCH3 is 1. The molecule has 0 aromatic carbocycles. The van der Waals surface area contributed by atoms with E-state index < -0.39 is 0 Å². The molecule has 0 aliphatic heterocycles. The Morgan fingerprint density at radius 1 is 1.18 bits per heavy atom. The van der Waals surface area contributed by atoms with E-state index in [2.05, 4.69) is 25.3 Å². The highest BCUT2D eigenvalue weighted by Crippen LogP contribution is 2.31. The molecule has 0 aliphatic carbocycles. The van der Waals surface area contributed by atoms with Gasteiger partial charge in [0.25, 0.3) is 0 Å². The van der Waals surface area contributed by atoms with Crippen LogP contribution in [0.4, 0.5) is 5.95 Å². The van der Waals surface area contributed by atoms with Crippen LogP contribution in [0.2, 0.25) is 5.15 Å². The van der Waals surface area contributed by atoms with Crippen LogP contribution in [0, 0.1) is 6.92 Å². The molecule has 0 saturated carbocycles. The molecule has 9 heteroatoms. The first kappa shape index (κ1) is 19.8. The van der Waals surface area contributed by atoms with Crippen LogP contribution in [0.1, 0.15) is 12.1 Å². The Kier molecular flexibility index (Phi) is 6.57. The van der Waals surface area contributed by atoms with Gasteiger partial charge in [0.2, 0.25) is 11.8 Å². The number of rotatable bonds is 8. The second kappa shape index (κ2) is 9.29. The van der Waals surface area contributed by atoms with Crippen molar-refractivity contribution in [2.24, 2.45) is 0 Å². The summed E-state index contributed by atoms with van der Waals surface area (Å²) < 4.78 is 11.2. The summed E-state index contributed by atoms with van der Waals surface area (Å²) in [5.74, 6) is 2.02. The second-order valence-corrected chi connectivity index (χ2v) is 6.20. The molecule has 0 radical (unpaired) electrons. The number of ether oxygens (including phenoxy) is 2. The maximum atomic E-state index is 8.86. The van der Waals surface area contributed by atoms with Crippen molar-refractivity contribution >= 4 is 17.5 Å². The van der Waals surface area contributed by atoms with E-state index in [1.165, 1.54) is 0 Å². The Hall–Kier alpha value is -2.97. The highest BCUT2D eigenvalue weighted by Gasteiger charge is 2.13. The lowest BCUT2D eigenvalue weighted by Crippen LogP contribution is -2.08. The Morgan fingerprint density at radius 3 is 2.75 bits per heavy atom. The summed E-state index contributed by atoms with van der Waals surface area (Å²) in [6.07, 6.45) is 3.84. The van der Waals surface area contributed by atoms with Gasteiger partial charge in [0.15, 0.2) is 0 Å². The van der Waals surface area contributed by atoms with E-state index in [0.29, 0.717) is 58.4 Å². The fourth-order valence-electron chi connectivity index (χ4n) is 2.44. The Bertz CT molecular complexity index is 955. The molecular formula is C19H20ClN5O3. The normalized spacial score (nSPS) is 10.6. The standard InChI is InChI=1S/C19H20ClN5O3/c1-12-16(28-13-6-8-21-17(20)10-13)5-4-15(24-12)14-11-23-19(22-7-3-9-26)25-18(14)27-2/h4-6,8,10-11,26H,3,7,9H2,1-2H3,(H,22,23,25). The summed E-state index contributed by atoms with van der Waals surface area (Å²) in [6.45, 7) is 2.52. The van der Waals surface area contributed by atoms with E-state index >= 15 is 0 Å². The molecule has 8 nitrogen and oxygen atoms in total. The van der Waals surface area contributed by atoms with Crippen LogP contribution in [0.3, 0.4) is 0 Å². The van der Waals surface area contributed by atoms with Crippen molar-refractivity contribution in [3.05, 3.63) is 47.5 Å². The lowest BCUT2D eigenvalue weighted by Gasteiger charge is -2.12. The fraction of sp³-hybridized carbons (Fsp3) is 0.263. The number of aliphatic hydroxyl groups is 1. The molecule has 0 fully saturated rings. The van der Waals surface area contributed by atoms with Gasteiger partial charge in [0.05, 0.1) is 24.1 Å². The van der Waals surface area contributed by atoms with Crippen LogP contribution in [-0.4, -0.2) is 45.3 Å². The minimum Gasteiger partial charge on any atom is -0.480 e. The Labute approximate surface area is 167 Å². The van der Waals surface area contributed by atoms with Crippen molar-refractivity contribution in [3.63, 3.8) is 0 Å². The summed E-state index contributed by atoms with van der Waals surface area (Å²) in [5, 5.41) is 12.2. The first-order valence-corrected chi connectivity index (χ1v) is 9.01. The van der Waals surface area contributed by atoms with Gasteiger partial charge in [-0.2, -0.15) is 4.98 Å². The zero-order chi connectivity index (χ0) is 19.9. The quantitative estimate of drug-likeness (QED) is 0.436. The van der Waals surface area contributed by atoms with Crippen LogP contribution in [-0.2, 0) is 0 Å². The third-order valence-electron chi connectivity index (χ3n) is 3.80. The van der Waals surface area contributed by atoms with Crippen molar-refractivity contribution in [3.8, 4) is 28.6 Å². The number of anilines is 1. The fourth-order valence-corrected chi connectivity index (χ4v) is 2.61. The summed E-state index contributed by atoms with van der Waals surface area (Å²) in [5.41, 5.74) is 2.02.